The minimum absolute atomic E-state index is 0.455. The average molecular weight is 330 g/mol. The van der Waals surface area contributed by atoms with Crippen LogP contribution in [0.3, 0.4) is 0 Å². The van der Waals surface area contributed by atoms with Crippen molar-refractivity contribution in [2.45, 2.75) is 66.2 Å². The average Bonchev–Trinajstić information content (AvgIpc) is 2.38. The first-order valence-corrected chi connectivity index (χ1v) is 7.54. The molecule has 0 aliphatic heterocycles. The van der Waals surface area contributed by atoms with E-state index in [4.69, 9.17) is 9.47 Å². The molecule has 0 unspecified atom stereocenters. The Morgan fingerprint density at radius 1 is 1.04 bits per heavy atom. The van der Waals surface area contributed by atoms with Crippen molar-refractivity contribution in [3.8, 4) is 0 Å². The van der Waals surface area contributed by atoms with Crippen LogP contribution in [0.25, 0.3) is 0 Å². The van der Waals surface area contributed by atoms with Gasteiger partial charge in [0.05, 0.1) is 7.11 Å². The minimum Gasteiger partial charge on any atom is -0.467 e. The van der Waals surface area contributed by atoms with Crippen molar-refractivity contribution >= 4 is 18.0 Å². The lowest BCUT2D eigenvalue weighted by Gasteiger charge is -2.32. The van der Waals surface area contributed by atoms with E-state index in [1.165, 1.54) is 19.1 Å². The van der Waals surface area contributed by atoms with Crippen LogP contribution in [0.5, 0.6) is 0 Å². The molecule has 0 aliphatic rings. The second-order valence-corrected chi connectivity index (χ2v) is 7.60. The summed E-state index contributed by atoms with van der Waals surface area (Å²) in [5.41, 5.74) is -1.17. The molecule has 7 nitrogen and oxygen atoms in total. The number of carbonyl (C=O) groups excluding carboxylic acids is 3. The van der Waals surface area contributed by atoms with Crippen LogP contribution in [0.1, 0.15) is 48.5 Å². The maximum atomic E-state index is 12.4. The van der Waals surface area contributed by atoms with Crippen LogP contribution in [0.2, 0.25) is 0 Å². The Hall–Kier alpha value is -1.79. The van der Waals surface area contributed by atoms with E-state index in [2.05, 4.69) is 5.32 Å². The highest BCUT2D eigenvalue weighted by Crippen LogP contribution is 2.20. The minimum atomic E-state index is -0.811. The summed E-state index contributed by atoms with van der Waals surface area (Å²) in [6.07, 6.45) is -0.606. The zero-order valence-electron chi connectivity index (χ0n) is 15.6. The number of nitrogens with zero attached hydrogens (tertiary/aromatic N) is 1. The number of esters is 1. The van der Waals surface area contributed by atoms with Crippen LogP contribution in [0.4, 0.5) is 4.79 Å². The lowest BCUT2D eigenvalue weighted by Crippen LogP contribution is -2.55. The van der Waals surface area contributed by atoms with Gasteiger partial charge < -0.3 is 14.8 Å². The fraction of sp³-hybridized carbons (Fsp3) is 0.812. The van der Waals surface area contributed by atoms with Crippen molar-refractivity contribution in [2.75, 3.05) is 14.2 Å². The molecule has 0 heterocycles. The van der Waals surface area contributed by atoms with Gasteiger partial charge in [0.15, 0.2) is 0 Å². The monoisotopic (exact) mass is 330 g/mol. The topological polar surface area (TPSA) is 84.9 Å². The van der Waals surface area contributed by atoms with E-state index < -0.39 is 41.1 Å². The van der Waals surface area contributed by atoms with Crippen LogP contribution in [-0.2, 0) is 19.1 Å². The fourth-order valence-corrected chi connectivity index (χ4v) is 1.68. The highest BCUT2D eigenvalue weighted by atomic mass is 16.6. The molecule has 0 rings (SSSR count). The van der Waals surface area contributed by atoms with E-state index in [0.29, 0.717) is 0 Å². The van der Waals surface area contributed by atoms with Gasteiger partial charge in [-0.25, -0.2) is 9.59 Å². The summed E-state index contributed by atoms with van der Waals surface area (Å²) in [7, 11) is 2.74. The summed E-state index contributed by atoms with van der Waals surface area (Å²) in [6.45, 7) is 12.3. The third kappa shape index (κ3) is 6.88. The molecule has 0 spiro atoms. The number of ether oxygens (including phenoxy) is 2. The fourth-order valence-electron chi connectivity index (χ4n) is 1.68. The van der Waals surface area contributed by atoms with E-state index >= 15 is 0 Å². The van der Waals surface area contributed by atoms with E-state index in [1.54, 1.807) is 27.7 Å². The first kappa shape index (κ1) is 21.2. The number of methoxy groups -OCH3 is 1. The normalized spacial score (nSPS) is 14.5. The number of likely N-dealkylation sites (N-methyl/N-ethyl adjacent to an activating group) is 1. The summed E-state index contributed by atoms with van der Waals surface area (Å²) >= 11 is 0. The second kappa shape index (κ2) is 7.66. The molecule has 134 valence electrons. The van der Waals surface area contributed by atoms with Crippen molar-refractivity contribution in [2.24, 2.45) is 5.41 Å². The predicted molar refractivity (Wildman–Crippen MR) is 86.9 cm³/mol. The van der Waals surface area contributed by atoms with Gasteiger partial charge in [-0.15, -0.1) is 0 Å². The molecule has 2 atom stereocenters. The van der Waals surface area contributed by atoms with Gasteiger partial charge >= 0.3 is 12.1 Å². The van der Waals surface area contributed by atoms with Crippen molar-refractivity contribution in [3.05, 3.63) is 0 Å². The zero-order chi connectivity index (χ0) is 18.6. The zero-order valence-corrected chi connectivity index (χ0v) is 15.6. The summed E-state index contributed by atoms with van der Waals surface area (Å²) in [6, 6.07) is -1.60. The highest BCUT2D eigenvalue weighted by molar-refractivity contribution is 5.89. The Bertz CT molecular complexity index is 448. The van der Waals surface area contributed by atoms with Gasteiger partial charge in [-0.05, 0) is 33.1 Å². The molecule has 7 heteroatoms. The Kier molecular flexibility index (Phi) is 7.06. The molecule has 0 fully saturated rings. The van der Waals surface area contributed by atoms with E-state index in [0.717, 1.165) is 0 Å². The van der Waals surface area contributed by atoms with E-state index in [9.17, 15) is 14.4 Å². The van der Waals surface area contributed by atoms with Crippen LogP contribution in [0.15, 0.2) is 0 Å². The maximum absolute atomic E-state index is 12.4. The molecule has 0 saturated carbocycles. The van der Waals surface area contributed by atoms with E-state index in [1.807, 2.05) is 20.8 Å². The molecule has 0 aromatic carbocycles. The maximum Gasteiger partial charge on any atom is 0.410 e. The van der Waals surface area contributed by atoms with Gasteiger partial charge in [-0.3, -0.25) is 9.69 Å². The largest absolute Gasteiger partial charge is 0.467 e. The quantitative estimate of drug-likeness (QED) is 0.796. The van der Waals surface area contributed by atoms with Crippen LogP contribution in [0, 0.1) is 5.41 Å². The number of rotatable bonds is 4. The van der Waals surface area contributed by atoms with Gasteiger partial charge in [0.2, 0.25) is 5.91 Å². The third-order valence-electron chi connectivity index (χ3n) is 3.23. The number of carbonyl (C=O) groups is 3. The predicted octanol–water partition coefficient (Wildman–Crippen LogP) is 1.95. The van der Waals surface area contributed by atoms with Crippen molar-refractivity contribution in [1.29, 1.82) is 0 Å². The number of hydrogen-bond donors (Lipinski definition) is 1. The van der Waals surface area contributed by atoms with Gasteiger partial charge in [0.25, 0.3) is 0 Å². The Morgan fingerprint density at radius 3 is 1.87 bits per heavy atom. The molecule has 0 aromatic heterocycles. The summed E-state index contributed by atoms with van der Waals surface area (Å²) in [5, 5.41) is 2.64. The number of nitrogens with one attached hydrogen (secondary N) is 1. The molecular formula is C16H30N2O5. The molecule has 0 saturated heterocycles. The Morgan fingerprint density at radius 2 is 1.52 bits per heavy atom. The first-order chi connectivity index (χ1) is 10.2. The van der Waals surface area contributed by atoms with Gasteiger partial charge in [-0.1, -0.05) is 20.8 Å². The highest BCUT2D eigenvalue weighted by Gasteiger charge is 2.36. The molecule has 0 aliphatic carbocycles. The molecule has 0 radical (unpaired) electrons. The number of hydrogen-bond acceptors (Lipinski definition) is 5. The van der Waals surface area contributed by atoms with Crippen LogP contribution < -0.4 is 5.32 Å². The Balaban J connectivity index is 5.00. The smallest absolute Gasteiger partial charge is 0.410 e. The Labute approximate surface area is 138 Å². The molecule has 0 bridgehead atoms. The van der Waals surface area contributed by atoms with E-state index in [-0.39, 0.29) is 0 Å². The summed E-state index contributed by atoms with van der Waals surface area (Å²) in [5.74, 6) is -0.985. The molecule has 0 aromatic rings. The van der Waals surface area contributed by atoms with Gasteiger partial charge in [0.1, 0.15) is 17.7 Å². The SMILES string of the molecule is COC(=O)[C@@H](NC(=O)[C@H](C)N(C)C(=O)OC(C)(C)C)C(C)(C)C. The number of amides is 2. The van der Waals surface area contributed by atoms with Crippen molar-refractivity contribution in [3.63, 3.8) is 0 Å². The summed E-state index contributed by atoms with van der Waals surface area (Å²) < 4.78 is 9.96. The lowest BCUT2D eigenvalue weighted by molar-refractivity contribution is -0.148. The molecule has 2 amide bonds. The molecular weight excluding hydrogens is 300 g/mol. The van der Waals surface area contributed by atoms with Crippen LogP contribution in [-0.4, -0.2) is 54.7 Å². The molecule has 1 N–H and O–H groups in total. The van der Waals surface area contributed by atoms with Gasteiger partial charge in [-0.2, -0.15) is 0 Å². The summed E-state index contributed by atoms with van der Waals surface area (Å²) in [4.78, 5) is 37.4. The molecule has 23 heavy (non-hydrogen) atoms. The third-order valence-corrected chi connectivity index (χ3v) is 3.23. The second-order valence-electron chi connectivity index (χ2n) is 7.60. The first-order valence-electron chi connectivity index (χ1n) is 7.54. The van der Waals surface area contributed by atoms with Crippen molar-refractivity contribution < 1.29 is 23.9 Å². The van der Waals surface area contributed by atoms with Crippen molar-refractivity contribution in [1.82, 2.24) is 10.2 Å². The standard InChI is InChI=1S/C16H30N2O5/c1-10(18(8)14(21)23-16(5,6)7)12(19)17-11(13(20)22-9)15(2,3)4/h10-11H,1-9H3,(H,17,19)/t10-,11+/m0/s1. The lowest BCUT2D eigenvalue weighted by atomic mass is 9.86. The van der Waals surface area contributed by atoms with Crippen LogP contribution >= 0.6 is 0 Å². The van der Waals surface area contributed by atoms with Gasteiger partial charge in [0, 0.05) is 7.05 Å².